The van der Waals surface area contributed by atoms with E-state index in [0.717, 1.165) is 25.7 Å². The van der Waals surface area contributed by atoms with Crippen LogP contribution in [0.1, 0.15) is 31.9 Å². The molecule has 1 aliphatic heterocycles. The van der Waals surface area contributed by atoms with Crippen molar-refractivity contribution in [2.45, 2.75) is 50.2 Å². The number of imidazole rings is 1. The van der Waals surface area contributed by atoms with Gasteiger partial charge in [-0.3, -0.25) is 9.09 Å². The molecule has 1 saturated heterocycles. The molecule has 174 valence electrons. The molecule has 3 heterocycles. The number of phosphoric ester groups is 1. The number of fused-ring (bicyclic) bond motifs is 1. The highest BCUT2D eigenvalue weighted by atomic mass is 31.2. The lowest BCUT2D eigenvalue weighted by Crippen LogP contribution is -2.33. The number of aliphatic hydroxyl groups is 2. The third-order valence-electron chi connectivity index (χ3n) is 4.92. The summed E-state index contributed by atoms with van der Waals surface area (Å²) in [5, 5.41) is 24.0. The zero-order valence-electron chi connectivity index (χ0n) is 16.7. The second-order valence-corrected chi connectivity index (χ2v) is 8.44. The molecule has 4 atom stereocenters. The largest absolute Gasteiger partial charge is 0.469 e. The molecular weight excluding hydrogens is 433 g/mol. The Morgan fingerprint density at radius 3 is 2.65 bits per heavy atom. The van der Waals surface area contributed by atoms with Crippen molar-refractivity contribution in [1.29, 1.82) is 0 Å². The van der Waals surface area contributed by atoms with Gasteiger partial charge in [0.25, 0.3) is 0 Å². The van der Waals surface area contributed by atoms with Gasteiger partial charge in [0.1, 0.15) is 24.6 Å². The highest BCUT2D eigenvalue weighted by Gasteiger charge is 2.46. The van der Waals surface area contributed by atoms with Gasteiger partial charge in [-0.25, -0.2) is 19.5 Å². The quantitative estimate of drug-likeness (QED) is 0.159. The van der Waals surface area contributed by atoms with Gasteiger partial charge in [0, 0.05) is 6.54 Å². The summed E-state index contributed by atoms with van der Waals surface area (Å²) < 4.78 is 22.5. The van der Waals surface area contributed by atoms with E-state index in [1.807, 2.05) is 0 Å². The molecule has 15 heteroatoms. The number of nitrogen functional groups attached to an aromatic ring is 1. The maximum Gasteiger partial charge on any atom is 0.469 e. The average molecular weight is 461 g/mol. The van der Waals surface area contributed by atoms with Crippen molar-refractivity contribution < 1.29 is 33.8 Å². The SMILES string of the molecule is NCCCCCCNc1nc2c(N)ncnc2n1[C@@H]1O[C@H](COP(=O)(O)O)[C@H](O)[C@@H]1O. The number of hydrogen-bond acceptors (Lipinski definition) is 11. The molecule has 0 bridgehead atoms. The van der Waals surface area contributed by atoms with Crippen LogP contribution in [0, 0.1) is 0 Å². The summed E-state index contributed by atoms with van der Waals surface area (Å²) in [6.45, 7) is 0.595. The fourth-order valence-corrected chi connectivity index (χ4v) is 3.71. The van der Waals surface area contributed by atoms with Crippen LogP contribution in [-0.2, 0) is 13.8 Å². The number of nitrogens with zero attached hydrogens (tertiary/aromatic N) is 4. The highest BCUT2D eigenvalue weighted by Crippen LogP contribution is 2.39. The Morgan fingerprint density at radius 2 is 1.94 bits per heavy atom. The predicted molar refractivity (Wildman–Crippen MR) is 110 cm³/mol. The van der Waals surface area contributed by atoms with Crippen LogP contribution >= 0.6 is 7.82 Å². The molecule has 0 unspecified atom stereocenters. The average Bonchev–Trinajstić information content (AvgIpc) is 3.21. The van der Waals surface area contributed by atoms with Crippen molar-refractivity contribution >= 4 is 30.8 Å². The number of rotatable bonds is 11. The second kappa shape index (κ2) is 10.1. The minimum absolute atomic E-state index is 0.129. The Morgan fingerprint density at radius 1 is 1.19 bits per heavy atom. The fraction of sp³-hybridized carbons (Fsp3) is 0.688. The number of ether oxygens (including phenoxy) is 1. The second-order valence-electron chi connectivity index (χ2n) is 7.20. The Hall–Kier alpha value is -1.90. The first-order valence-corrected chi connectivity index (χ1v) is 11.4. The molecular formula is C16H28N7O7P. The van der Waals surface area contributed by atoms with E-state index in [2.05, 4.69) is 24.8 Å². The maximum absolute atomic E-state index is 11.0. The van der Waals surface area contributed by atoms with Crippen LogP contribution in [0.25, 0.3) is 11.2 Å². The summed E-state index contributed by atoms with van der Waals surface area (Å²) >= 11 is 0. The Balaban J connectivity index is 1.82. The lowest BCUT2D eigenvalue weighted by Gasteiger charge is -2.19. The van der Waals surface area contributed by atoms with Gasteiger partial charge in [0.15, 0.2) is 23.2 Å². The summed E-state index contributed by atoms with van der Waals surface area (Å²) in [4.78, 5) is 30.3. The normalized spacial score (nSPS) is 24.2. The highest BCUT2D eigenvalue weighted by molar-refractivity contribution is 7.46. The Labute approximate surface area is 177 Å². The van der Waals surface area contributed by atoms with Gasteiger partial charge in [-0.1, -0.05) is 12.8 Å². The monoisotopic (exact) mass is 461 g/mol. The summed E-state index contributed by atoms with van der Waals surface area (Å²) in [5.74, 6) is 0.429. The molecule has 0 radical (unpaired) electrons. The van der Waals surface area contributed by atoms with Crippen LogP contribution in [-0.4, -0.2) is 77.5 Å². The van der Waals surface area contributed by atoms with E-state index in [1.54, 1.807) is 0 Å². The minimum atomic E-state index is -4.78. The van der Waals surface area contributed by atoms with Crippen molar-refractivity contribution in [3.05, 3.63) is 6.33 Å². The zero-order valence-corrected chi connectivity index (χ0v) is 17.6. The zero-order chi connectivity index (χ0) is 22.6. The molecule has 9 N–H and O–H groups in total. The number of nitrogens with two attached hydrogens (primary N) is 2. The van der Waals surface area contributed by atoms with Crippen LogP contribution in [0.5, 0.6) is 0 Å². The van der Waals surface area contributed by atoms with Gasteiger partial charge in [0.2, 0.25) is 5.95 Å². The molecule has 0 spiro atoms. The summed E-state index contributed by atoms with van der Waals surface area (Å²) in [5.41, 5.74) is 12.0. The number of phosphoric acid groups is 1. The Kier molecular flexibility index (Phi) is 7.78. The number of aromatic nitrogens is 4. The third kappa shape index (κ3) is 5.67. The van der Waals surface area contributed by atoms with Crippen molar-refractivity contribution in [2.75, 3.05) is 30.7 Å². The van der Waals surface area contributed by atoms with Crippen LogP contribution in [0.3, 0.4) is 0 Å². The summed E-state index contributed by atoms with van der Waals surface area (Å²) in [6, 6.07) is 0. The maximum atomic E-state index is 11.0. The number of hydrogen-bond donors (Lipinski definition) is 7. The standard InChI is InChI=1S/C16H28N7O7P/c17-5-3-1-2-4-6-19-16-22-10-13(18)20-8-21-14(10)23(16)15-12(25)11(24)9(30-15)7-29-31(26,27)28/h8-9,11-12,15,24-25H,1-7,17H2,(H,19,22)(H2,18,20,21)(H2,26,27,28)/t9-,11+,12+,15-/m1/s1. The van der Waals surface area contributed by atoms with Crippen LogP contribution in [0.15, 0.2) is 6.33 Å². The van der Waals surface area contributed by atoms with Gasteiger partial charge in [-0.2, -0.15) is 0 Å². The molecule has 1 fully saturated rings. The summed E-state index contributed by atoms with van der Waals surface area (Å²) in [7, 11) is -4.78. The van der Waals surface area contributed by atoms with E-state index >= 15 is 0 Å². The number of anilines is 2. The number of unbranched alkanes of at least 4 members (excludes halogenated alkanes) is 3. The minimum Gasteiger partial charge on any atom is -0.387 e. The van der Waals surface area contributed by atoms with Gasteiger partial charge >= 0.3 is 7.82 Å². The summed E-state index contributed by atoms with van der Waals surface area (Å²) in [6.07, 6.45) is -0.240. The Bertz CT molecular complexity index is 923. The lowest BCUT2D eigenvalue weighted by atomic mass is 10.1. The van der Waals surface area contributed by atoms with E-state index in [0.29, 0.717) is 19.0 Å². The van der Waals surface area contributed by atoms with E-state index in [9.17, 15) is 14.8 Å². The van der Waals surface area contributed by atoms with Crippen molar-refractivity contribution in [3.8, 4) is 0 Å². The molecule has 0 aliphatic carbocycles. The molecule has 3 rings (SSSR count). The molecule has 0 amide bonds. The first-order valence-electron chi connectivity index (χ1n) is 9.87. The van der Waals surface area contributed by atoms with E-state index in [-0.39, 0.29) is 17.0 Å². The van der Waals surface area contributed by atoms with Crippen molar-refractivity contribution in [3.63, 3.8) is 0 Å². The molecule has 14 nitrogen and oxygen atoms in total. The third-order valence-corrected chi connectivity index (χ3v) is 5.40. The van der Waals surface area contributed by atoms with Gasteiger partial charge in [0.05, 0.1) is 6.61 Å². The first kappa shape index (κ1) is 23.8. The first-order chi connectivity index (χ1) is 14.7. The topological polar surface area (TPSA) is 224 Å². The van der Waals surface area contributed by atoms with Crippen LogP contribution in [0.2, 0.25) is 0 Å². The van der Waals surface area contributed by atoms with E-state index in [1.165, 1.54) is 10.9 Å². The van der Waals surface area contributed by atoms with Gasteiger partial charge < -0.3 is 41.5 Å². The lowest BCUT2D eigenvalue weighted by molar-refractivity contribution is -0.0494. The number of aliphatic hydroxyl groups excluding tert-OH is 2. The molecule has 2 aromatic heterocycles. The molecule has 2 aromatic rings. The van der Waals surface area contributed by atoms with E-state index in [4.69, 9.17) is 26.0 Å². The molecule has 0 aromatic carbocycles. The van der Waals surface area contributed by atoms with Crippen molar-refractivity contribution in [2.24, 2.45) is 5.73 Å². The fourth-order valence-electron chi connectivity index (χ4n) is 3.37. The van der Waals surface area contributed by atoms with E-state index < -0.39 is 39.0 Å². The smallest absolute Gasteiger partial charge is 0.387 e. The van der Waals surface area contributed by atoms with Gasteiger partial charge in [-0.15, -0.1) is 0 Å². The molecule has 31 heavy (non-hydrogen) atoms. The van der Waals surface area contributed by atoms with Gasteiger partial charge in [-0.05, 0) is 19.4 Å². The predicted octanol–water partition coefficient (Wildman–Crippen LogP) is -0.932. The number of nitrogens with one attached hydrogen (secondary N) is 1. The van der Waals surface area contributed by atoms with Crippen LogP contribution in [0.4, 0.5) is 11.8 Å². The molecule has 0 saturated carbocycles. The molecule has 1 aliphatic rings. The van der Waals surface area contributed by atoms with Crippen molar-refractivity contribution in [1.82, 2.24) is 19.5 Å². The van der Waals surface area contributed by atoms with Crippen LogP contribution < -0.4 is 16.8 Å².